The van der Waals surface area contributed by atoms with Crippen molar-refractivity contribution in [1.29, 1.82) is 0 Å². The van der Waals surface area contributed by atoms with Crippen molar-refractivity contribution >= 4 is 15.9 Å². The largest absolute Gasteiger partial charge is 0.379 e. The Morgan fingerprint density at radius 2 is 2.10 bits per heavy atom. The number of hydrogen-bond donors (Lipinski definition) is 1. The van der Waals surface area contributed by atoms with Crippen LogP contribution in [0.15, 0.2) is 58.3 Å². The fourth-order valence-electron chi connectivity index (χ4n) is 3.55. The minimum absolute atomic E-state index is 0.0591. The molecule has 1 aromatic heterocycles. The first-order chi connectivity index (χ1) is 9.91. The molecule has 0 saturated carbocycles. The van der Waals surface area contributed by atoms with Gasteiger partial charge in [-0.1, -0.05) is 53.6 Å². The van der Waals surface area contributed by atoms with Crippen molar-refractivity contribution < 1.29 is 5.11 Å². The van der Waals surface area contributed by atoms with Crippen molar-refractivity contribution in [2.75, 3.05) is 0 Å². The average Bonchev–Trinajstić information content (AvgIpc) is 2.60. The molecule has 110 valence electrons. The van der Waals surface area contributed by atoms with Gasteiger partial charge in [0.1, 0.15) is 5.60 Å². The lowest BCUT2D eigenvalue weighted by molar-refractivity contribution is 0.0146. The normalized spacial score (nSPS) is 27.9. The average molecular weight is 346 g/mol. The maximum atomic E-state index is 11.5. The van der Waals surface area contributed by atoms with Gasteiger partial charge in [-0.05, 0) is 48.5 Å². The molecule has 1 unspecified atom stereocenters. The molecule has 0 saturated heterocycles. The minimum atomic E-state index is -1.01. The van der Waals surface area contributed by atoms with Crippen LogP contribution in [0.3, 0.4) is 0 Å². The molecule has 3 rings (SSSR count). The van der Waals surface area contributed by atoms with E-state index in [0.717, 1.165) is 28.6 Å². The molecule has 1 aromatic rings. The highest BCUT2D eigenvalue weighted by Crippen LogP contribution is 2.51. The van der Waals surface area contributed by atoms with E-state index in [4.69, 9.17) is 0 Å². The molecule has 1 N–H and O–H groups in total. The molecule has 2 nitrogen and oxygen atoms in total. The smallest absolute Gasteiger partial charge is 0.132 e. The number of rotatable bonds is 1. The van der Waals surface area contributed by atoms with E-state index in [1.807, 2.05) is 18.2 Å². The number of hydrogen-bond acceptors (Lipinski definition) is 2. The predicted octanol–water partition coefficient (Wildman–Crippen LogP) is 4.62. The molecule has 2 aliphatic rings. The maximum Gasteiger partial charge on any atom is 0.132 e. The van der Waals surface area contributed by atoms with E-state index in [9.17, 15) is 5.11 Å². The Morgan fingerprint density at radius 1 is 1.29 bits per heavy atom. The van der Waals surface area contributed by atoms with E-state index in [1.165, 1.54) is 5.57 Å². The lowest BCUT2D eigenvalue weighted by atomic mass is 9.65. The molecule has 0 amide bonds. The van der Waals surface area contributed by atoms with Gasteiger partial charge in [0.25, 0.3) is 0 Å². The molecule has 1 atom stereocenters. The summed E-state index contributed by atoms with van der Waals surface area (Å²) in [5, 5.41) is 11.5. The fourth-order valence-corrected chi connectivity index (χ4v) is 3.97. The van der Waals surface area contributed by atoms with Crippen LogP contribution >= 0.6 is 15.9 Å². The highest BCUT2D eigenvalue weighted by Gasteiger charge is 2.45. The van der Waals surface area contributed by atoms with Crippen molar-refractivity contribution in [3.63, 3.8) is 0 Å². The molecule has 0 radical (unpaired) electrons. The Hall–Kier alpha value is -1.19. The molecule has 0 aliphatic heterocycles. The fraction of sp³-hybridized carbons (Fsp3) is 0.389. The second-order valence-corrected chi connectivity index (χ2v) is 7.66. The molecule has 3 heteroatoms. The number of aliphatic hydroxyl groups is 1. The van der Waals surface area contributed by atoms with Crippen molar-refractivity contribution in [2.24, 2.45) is 5.41 Å². The Kier molecular flexibility index (Phi) is 3.66. The van der Waals surface area contributed by atoms with Gasteiger partial charge in [0.15, 0.2) is 0 Å². The van der Waals surface area contributed by atoms with Gasteiger partial charge in [-0.15, -0.1) is 0 Å². The van der Waals surface area contributed by atoms with Gasteiger partial charge in [0, 0.05) is 10.7 Å². The predicted molar refractivity (Wildman–Crippen MR) is 88.9 cm³/mol. The number of halogens is 1. The topological polar surface area (TPSA) is 33.1 Å². The van der Waals surface area contributed by atoms with Crippen LogP contribution in [0.1, 0.15) is 38.8 Å². The summed E-state index contributed by atoms with van der Waals surface area (Å²) in [5.74, 6) is 0. The lowest BCUT2D eigenvalue weighted by Crippen LogP contribution is -2.39. The Labute approximate surface area is 134 Å². The quantitative estimate of drug-likeness (QED) is 0.805. The first-order valence-electron chi connectivity index (χ1n) is 7.31. The SMILES string of the molecule is CC1(C)CC2=C(C=C(Br)C=CC2)C(O)(c2ccccn2)C1. The zero-order chi connectivity index (χ0) is 15.1. The van der Waals surface area contributed by atoms with Crippen LogP contribution in [0.5, 0.6) is 0 Å². The van der Waals surface area contributed by atoms with Gasteiger partial charge in [-0.25, -0.2) is 0 Å². The molecule has 1 heterocycles. The van der Waals surface area contributed by atoms with Gasteiger partial charge in [0.05, 0.1) is 5.69 Å². The molecule has 2 aliphatic carbocycles. The Balaban J connectivity index is 2.20. The van der Waals surface area contributed by atoms with E-state index in [2.05, 4.69) is 53.0 Å². The summed E-state index contributed by atoms with van der Waals surface area (Å²) in [6.45, 7) is 4.44. The zero-order valence-corrected chi connectivity index (χ0v) is 14.0. The van der Waals surface area contributed by atoms with Crippen LogP contribution in [-0.2, 0) is 5.60 Å². The Morgan fingerprint density at radius 3 is 2.81 bits per heavy atom. The van der Waals surface area contributed by atoms with Crippen LogP contribution in [-0.4, -0.2) is 10.1 Å². The first kappa shape index (κ1) is 14.7. The molecule has 0 spiro atoms. The lowest BCUT2D eigenvalue weighted by Gasteiger charge is -2.43. The third-order valence-electron chi connectivity index (χ3n) is 4.26. The second-order valence-electron chi connectivity index (χ2n) is 6.75. The van der Waals surface area contributed by atoms with Crippen molar-refractivity contribution in [2.45, 2.75) is 38.7 Å². The van der Waals surface area contributed by atoms with Crippen molar-refractivity contribution in [3.8, 4) is 0 Å². The summed E-state index contributed by atoms with van der Waals surface area (Å²) in [7, 11) is 0. The summed E-state index contributed by atoms with van der Waals surface area (Å²) < 4.78 is 1.00. The van der Waals surface area contributed by atoms with Crippen LogP contribution in [0, 0.1) is 5.41 Å². The van der Waals surface area contributed by atoms with E-state index >= 15 is 0 Å². The van der Waals surface area contributed by atoms with Crippen LogP contribution in [0.2, 0.25) is 0 Å². The number of pyridine rings is 1. The van der Waals surface area contributed by atoms with E-state index < -0.39 is 5.60 Å². The highest BCUT2D eigenvalue weighted by atomic mass is 79.9. The van der Waals surface area contributed by atoms with Crippen LogP contribution in [0.25, 0.3) is 0 Å². The summed E-state index contributed by atoms with van der Waals surface area (Å²) in [4.78, 5) is 4.44. The van der Waals surface area contributed by atoms with E-state index in [-0.39, 0.29) is 5.41 Å². The molecule has 0 bridgehead atoms. The van der Waals surface area contributed by atoms with Gasteiger partial charge < -0.3 is 5.11 Å². The van der Waals surface area contributed by atoms with Gasteiger partial charge in [-0.2, -0.15) is 0 Å². The van der Waals surface area contributed by atoms with Crippen LogP contribution in [0.4, 0.5) is 0 Å². The van der Waals surface area contributed by atoms with Crippen molar-refractivity contribution in [1.82, 2.24) is 4.98 Å². The van der Waals surface area contributed by atoms with Crippen molar-refractivity contribution in [3.05, 3.63) is 63.9 Å². The van der Waals surface area contributed by atoms with Gasteiger partial charge in [-0.3, -0.25) is 4.98 Å². The number of allylic oxidation sites excluding steroid dienone is 4. The van der Waals surface area contributed by atoms with Crippen LogP contribution < -0.4 is 0 Å². The third-order valence-corrected chi connectivity index (χ3v) is 4.76. The molecule has 0 aromatic carbocycles. The summed E-state index contributed by atoms with van der Waals surface area (Å²) in [6, 6.07) is 5.75. The Bertz CT molecular complexity index is 642. The number of nitrogens with zero attached hydrogens (tertiary/aromatic N) is 1. The minimum Gasteiger partial charge on any atom is -0.379 e. The molecular weight excluding hydrogens is 326 g/mol. The highest BCUT2D eigenvalue weighted by molar-refractivity contribution is 9.11. The summed E-state index contributed by atoms with van der Waals surface area (Å²) in [6.07, 6.45) is 10.6. The first-order valence-corrected chi connectivity index (χ1v) is 8.10. The summed E-state index contributed by atoms with van der Waals surface area (Å²) >= 11 is 3.56. The van der Waals surface area contributed by atoms with E-state index in [1.54, 1.807) is 6.20 Å². The summed E-state index contributed by atoms with van der Waals surface area (Å²) in [5.41, 5.74) is 2.11. The van der Waals surface area contributed by atoms with E-state index in [0.29, 0.717) is 6.42 Å². The van der Waals surface area contributed by atoms with Gasteiger partial charge >= 0.3 is 0 Å². The molecule has 0 fully saturated rings. The third kappa shape index (κ3) is 2.77. The second kappa shape index (κ2) is 5.22. The monoisotopic (exact) mass is 345 g/mol. The van der Waals surface area contributed by atoms with Gasteiger partial charge in [0.2, 0.25) is 0 Å². The molecule has 21 heavy (non-hydrogen) atoms. The maximum absolute atomic E-state index is 11.5. The number of aromatic nitrogens is 1. The molecular formula is C18H20BrNO. The zero-order valence-electron chi connectivity index (χ0n) is 12.4. The standard InChI is InChI=1S/C18H20BrNO/c1-17(2)11-13-6-5-7-14(19)10-15(13)18(21,12-17)16-8-3-4-9-20-16/h3-5,7-10,21H,6,11-12H2,1-2H3.